The summed E-state index contributed by atoms with van der Waals surface area (Å²) in [4.78, 5) is 11.9. The van der Waals surface area contributed by atoms with Crippen molar-refractivity contribution >= 4 is 11.8 Å². The SMILES string of the molecule is Cc1cc(NC(=O)NCC2COc3ccccc3O2)n(C)n1. The first-order valence-corrected chi connectivity index (χ1v) is 7.06. The number of carbonyl (C=O) groups is 1. The number of carbonyl (C=O) groups excluding carboxylic acids is 1. The number of ether oxygens (including phenoxy) is 2. The fraction of sp³-hybridized carbons (Fsp3) is 0.333. The number of anilines is 1. The molecular formula is C15H18N4O3. The van der Waals surface area contributed by atoms with E-state index in [0.717, 1.165) is 11.4 Å². The van der Waals surface area contributed by atoms with E-state index in [4.69, 9.17) is 9.47 Å². The molecule has 7 heteroatoms. The van der Waals surface area contributed by atoms with Crippen molar-refractivity contribution in [3.63, 3.8) is 0 Å². The van der Waals surface area contributed by atoms with Gasteiger partial charge in [0.1, 0.15) is 12.4 Å². The highest BCUT2D eigenvalue weighted by molar-refractivity contribution is 5.88. The maximum atomic E-state index is 11.9. The molecule has 1 aromatic carbocycles. The zero-order chi connectivity index (χ0) is 15.5. The summed E-state index contributed by atoms with van der Waals surface area (Å²) in [7, 11) is 1.78. The van der Waals surface area contributed by atoms with Crippen molar-refractivity contribution in [3.8, 4) is 11.5 Å². The van der Waals surface area contributed by atoms with Gasteiger partial charge >= 0.3 is 6.03 Å². The average molecular weight is 302 g/mol. The fourth-order valence-electron chi connectivity index (χ4n) is 2.26. The lowest BCUT2D eigenvalue weighted by Crippen LogP contribution is -2.42. The quantitative estimate of drug-likeness (QED) is 0.904. The topological polar surface area (TPSA) is 77.4 Å². The van der Waals surface area contributed by atoms with Crippen molar-refractivity contribution in [2.75, 3.05) is 18.5 Å². The molecule has 0 aliphatic carbocycles. The number of para-hydroxylation sites is 2. The van der Waals surface area contributed by atoms with Crippen molar-refractivity contribution in [1.29, 1.82) is 0 Å². The number of hydrogen-bond acceptors (Lipinski definition) is 4. The van der Waals surface area contributed by atoms with E-state index in [1.54, 1.807) is 17.8 Å². The summed E-state index contributed by atoms with van der Waals surface area (Å²) in [6.45, 7) is 2.63. The van der Waals surface area contributed by atoms with Crippen molar-refractivity contribution in [1.82, 2.24) is 15.1 Å². The summed E-state index contributed by atoms with van der Waals surface area (Å²) < 4.78 is 13.0. The van der Waals surface area contributed by atoms with Gasteiger partial charge < -0.3 is 14.8 Å². The summed E-state index contributed by atoms with van der Waals surface area (Å²) in [5, 5.41) is 9.68. The molecule has 0 spiro atoms. The number of amides is 2. The first-order valence-electron chi connectivity index (χ1n) is 7.06. The minimum absolute atomic E-state index is 0.214. The third kappa shape index (κ3) is 3.13. The second-order valence-corrected chi connectivity index (χ2v) is 5.13. The third-order valence-electron chi connectivity index (χ3n) is 3.30. The molecule has 2 amide bonds. The highest BCUT2D eigenvalue weighted by Gasteiger charge is 2.21. The number of urea groups is 1. The molecule has 0 bridgehead atoms. The van der Waals surface area contributed by atoms with Crippen molar-refractivity contribution in [2.45, 2.75) is 13.0 Å². The van der Waals surface area contributed by atoms with Crippen LogP contribution in [-0.2, 0) is 7.05 Å². The van der Waals surface area contributed by atoms with Crippen molar-refractivity contribution < 1.29 is 14.3 Å². The lowest BCUT2D eigenvalue weighted by molar-refractivity contribution is 0.0922. The van der Waals surface area contributed by atoms with E-state index in [9.17, 15) is 4.79 Å². The summed E-state index contributed by atoms with van der Waals surface area (Å²) >= 11 is 0. The van der Waals surface area contributed by atoms with Gasteiger partial charge in [0, 0.05) is 13.1 Å². The number of aryl methyl sites for hydroxylation is 2. The molecule has 1 atom stereocenters. The van der Waals surface area contributed by atoms with Gasteiger partial charge in [0.25, 0.3) is 0 Å². The Balaban J connectivity index is 1.51. The van der Waals surface area contributed by atoms with Gasteiger partial charge in [0.05, 0.1) is 12.2 Å². The molecule has 2 N–H and O–H groups in total. The van der Waals surface area contributed by atoms with E-state index in [0.29, 0.717) is 24.7 Å². The Bertz CT molecular complexity index is 683. The van der Waals surface area contributed by atoms with Gasteiger partial charge in [0.15, 0.2) is 17.6 Å². The highest BCUT2D eigenvalue weighted by Crippen LogP contribution is 2.30. The number of nitrogens with zero attached hydrogens (tertiary/aromatic N) is 2. The Morgan fingerprint density at radius 1 is 1.41 bits per heavy atom. The molecule has 116 valence electrons. The first-order chi connectivity index (χ1) is 10.6. The predicted octanol–water partition coefficient (Wildman–Crippen LogP) is 1.69. The van der Waals surface area contributed by atoms with Crippen LogP contribution in [0.3, 0.4) is 0 Å². The molecule has 3 rings (SSSR count). The van der Waals surface area contributed by atoms with Gasteiger partial charge in [-0.15, -0.1) is 0 Å². The molecule has 1 aliphatic heterocycles. The molecule has 2 heterocycles. The molecule has 0 radical (unpaired) electrons. The summed E-state index contributed by atoms with van der Waals surface area (Å²) in [5.74, 6) is 2.07. The van der Waals surface area contributed by atoms with Crippen LogP contribution in [0.4, 0.5) is 10.6 Å². The van der Waals surface area contributed by atoms with Crippen LogP contribution in [0, 0.1) is 6.92 Å². The molecular weight excluding hydrogens is 284 g/mol. The van der Waals surface area contributed by atoms with Gasteiger partial charge in [-0.3, -0.25) is 10.00 Å². The highest BCUT2D eigenvalue weighted by atomic mass is 16.6. The number of aromatic nitrogens is 2. The molecule has 0 fully saturated rings. The molecule has 22 heavy (non-hydrogen) atoms. The van der Waals surface area contributed by atoms with E-state index in [1.165, 1.54) is 0 Å². The van der Waals surface area contributed by atoms with Crippen molar-refractivity contribution in [2.24, 2.45) is 7.05 Å². The predicted molar refractivity (Wildman–Crippen MR) is 81.3 cm³/mol. The van der Waals surface area contributed by atoms with Crippen LogP contribution in [-0.4, -0.2) is 35.1 Å². The number of rotatable bonds is 3. The van der Waals surface area contributed by atoms with E-state index in [2.05, 4.69) is 15.7 Å². The summed E-state index contributed by atoms with van der Waals surface area (Å²) in [5.41, 5.74) is 0.846. The maximum Gasteiger partial charge on any atom is 0.320 e. The summed E-state index contributed by atoms with van der Waals surface area (Å²) in [6.07, 6.45) is -0.214. The van der Waals surface area contributed by atoms with Crippen LogP contribution in [0.5, 0.6) is 11.5 Å². The Kier molecular flexibility index (Phi) is 3.86. The smallest absolute Gasteiger partial charge is 0.320 e. The van der Waals surface area contributed by atoms with Crippen LogP contribution >= 0.6 is 0 Å². The molecule has 1 unspecified atom stereocenters. The van der Waals surface area contributed by atoms with Crippen molar-refractivity contribution in [3.05, 3.63) is 36.0 Å². The van der Waals surface area contributed by atoms with E-state index < -0.39 is 0 Å². The second-order valence-electron chi connectivity index (χ2n) is 5.13. The Labute approximate surface area is 128 Å². The molecule has 1 aliphatic rings. The monoisotopic (exact) mass is 302 g/mol. The third-order valence-corrected chi connectivity index (χ3v) is 3.30. The first kappa shape index (κ1) is 14.2. The van der Waals surface area contributed by atoms with E-state index in [1.807, 2.05) is 31.2 Å². The minimum atomic E-state index is -0.301. The Morgan fingerprint density at radius 3 is 2.91 bits per heavy atom. The number of nitrogens with one attached hydrogen (secondary N) is 2. The number of hydrogen-bond donors (Lipinski definition) is 2. The van der Waals surface area contributed by atoms with Crippen LogP contribution < -0.4 is 20.1 Å². The van der Waals surface area contributed by atoms with E-state index in [-0.39, 0.29) is 12.1 Å². The maximum absolute atomic E-state index is 11.9. The molecule has 1 aromatic heterocycles. The number of benzene rings is 1. The van der Waals surface area contributed by atoms with Gasteiger partial charge in [-0.2, -0.15) is 5.10 Å². The van der Waals surface area contributed by atoms with Crippen LogP contribution in [0.15, 0.2) is 30.3 Å². The lowest BCUT2D eigenvalue weighted by Gasteiger charge is -2.26. The normalized spacial score (nSPS) is 16.2. The second kappa shape index (κ2) is 5.97. The lowest BCUT2D eigenvalue weighted by atomic mass is 10.2. The van der Waals surface area contributed by atoms with E-state index >= 15 is 0 Å². The zero-order valence-electron chi connectivity index (χ0n) is 12.5. The fourth-order valence-corrected chi connectivity index (χ4v) is 2.26. The van der Waals surface area contributed by atoms with Crippen LogP contribution in [0.2, 0.25) is 0 Å². The van der Waals surface area contributed by atoms with Gasteiger partial charge in [-0.1, -0.05) is 12.1 Å². The molecule has 0 saturated carbocycles. The molecule has 0 saturated heterocycles. The van der Waals surface area contributed by atoms with Gasteiger partial charge in [0.2, 0.25) is 0 Å². The Hall–Kier alpha value is -2.70. The minimum Gasteiger partial charge on any atom is -0.486 e. The Morgan fingerprint density at radius 2 is 2.18 bits per heavy atom. The molecule has 2 aromatic rings. The van der Waals surface area contributed by atoms with Crippen LogP contribution in [0.1, 0.15) is 5.69 Å². The zero-order valence-corrected chi connectivity index (χ0v) is 12.5. The van der Waals surface area contributed by atoms with Gasteiger partial charge in [-0.25, -0.2) is 4.79 Å². The summed E-state index contributed by atoms with van der Waals surface area (Å²) in [6, 6.07) is 8.98. The number of fused-ring (bicyclic) bond motifs is 1. The standard InChI is InChI=1S/C15H18N4O3/c1-10-7-14(19(2)18-10)17-15(20)16-8-11-9-21-12-5-3-4-6-13(12)22-11/h3-7,11H,8-9H2,1-2H3,(H2,16,17,20). The largest absolute Gasteiger partial charge is 0.486 e. The average Bonchev–Trinajstić information content (AvgIpc) is 2.82. The van der Waals surface area contributed by atoms with Gasteiger partial charge in [-0.05, 0) is 19.1 Å². The molecule has 7 nitrogen and oxygen atoms in total. The van der Waals surface area contributed by atoms with Crippen LogP contribution in [0.25, 0.3) is 0 Å².